The Balaban J connectivity index is 2.31. The lowest BCUT2D eigenvalue weighted by Gasteiger charge is -2.29. The highest BCUT2D eigenvalue weighted by molar-refractivity contribution is 4.79. The Morgan fingerprint density at radius 3 is 2.62 bits per heavy atom. The van der Waals surface area contributed by atoms with Gasteiger partial charge in [-0.2, -0.15) is 0 Å². The Bertz CT molecular complexity index is 172. The molecule has 0 bridgehead atoms. The summed E-state index contributed by atoms with van der Waals surface area (Å²) in [6.07, 6.45) is 4.50. The number of rotatable bonds is 8. The van der Waals surface area contributed by atoms with E-state index in [9.17, 15) is 5.11 Å². The van der Waals surface area contributed by atoms with Crippen molar-refractivity contribution in [3.8, 4) is 0 Å². The van der Waals surface area contributed by atoms with E-state index in [1.807, 2.05) is 6.92 Å². The highest BCUT2D eigenvalue weighted by Gasteiger charge is 2.23. The highest BCUT2D eigenvalue weighted by atomic mass is 16.5. The first-order valence-corrected chi connectivity index (χ1v) is 6.38. The van der Waals surface area contributed by atoms with Crippen molar-refractivity contribution in [1.29, 1.82) is 0 Å². The summed E-state index contributed by atoms with van der Waals surface area (Å²) < 4.78 is 5.20. The number of nitrogens with zero attached hydrogens (tertiary/aromatic N) is 1. The van der Waals surface area contributed by atoms with Crippen LogP contribution in [0.15, 0.2) is 0 Å². The largest absolute Gasteiger partial charge is 0.395 e. The standard InChI is InChI=1S/C12H25NO3/c1-2-16-10-12(15)9-13(7-8-14)11-5-3-4-6-11/h11-12,14-15H,2-10H2,1H3. The molecule has 0 aromatic rings. The lowest BCUT2D eigenvalue weighted by atomic mass is 10.2. The third kappa shape index (κ3) is 4.78. The van der Waals surface area contributed by atoms with E-state index in [2.05, 4.69) is 4.90 Å². The molecule has 1 unspecified atom stereocenters. The number of ether oxygens (including phenoxy) is 1. The summed E-state index contributed by atoms with van der Waals surface area (Å²) in [7, 11) is 0. The summed E-state index contributed by atoms with van der Waals surface area (Å²) in [5.74, 6) is 0. The molecule has 0 aromatic heterocycles. The van der Waals surface area contributed by atoms with Crippen molar-refractivity contribution in [2.45, 2.75) is 44.8 Å². The van der Waals surface area contributed by atoms with E-state index in [4.69, 9.17) is 9.84 Å². The molecular weight excluding hydrogens is 206 g/mol. The van der Waals surface area contributed by atoms with Crippen molar-refractivity contribution in [3.63, 3.8) is 0 Å². The summed E-state index contributed by atoms with van der Waals surface area (Å²) in [6.45, 7) is 4.40. The van der Waals surface area contributed by atoms with Crippen LogP contribution in [0.4, 0.5) is 0 Å². The lowest BCUT2D eigenvalue weighted by Crippen LogP contribution is -2.42. The Hall–Kier alpha value is -0.160. The van der Waals surface area contributed by atoms with Crippen molar-refractivity contribution in [2.75, 3.05) is 32.9 Å². The third-order valence-electron chi connectivity index (χ3n) is 3.19. The highest BCUT2D eigenvalue weighted by Crippen LogP contribution is 2.23. The molecule has 2 N–H and O–H groups in total. The van der Waals surface area contributed by atoms with Crippen LogP contribution in [-0.2, 0) is 4.74 Å². The van der Waals surface area contributed by atoms with Crippen molar-refractivity contribution in [1.82, 2.24) is 4.90 Å². The maximum atomic E-state index is 9.79. The predicted molar refractivity (Wildman–Crippen MR) is 63.4 cm³/mol. The first-order valence-electron chi connectivity index (χ1n) is 6.38. The fourth-order valence-corrected chi connectivity index (χ4v) is 2.40. The summed E-state index contributed by atoms with van der Waals surface area (Å²) in [6, 6.07) is 0.545. The van der Waals surface area contributed by atoms with E-state index in [0.29, 0.717) is 32.3 Å². The van der Waals surface area contributed by atoms with Crippen molar-refractivity contribution in [2.24, 2.45) is 0 Å². The molecule has 0 aromatic carbocycles. The van der Waals surface area contributed by atoms with E-state index in [-0.39, 0.29) is 6.61 Å². The van der Waals surface area contributed by atoms with Gasteiger partial charge in [-0.15, -0.1) is 0 Å². The molecule has 1 saturated carbocycles. The third-order valence-corrected chi connectivity index (χ3v) is 3.19. The van der Waals surface area contributed by atoms with Crippen molar-refractivity contribution in [3.05, 3.63) is 0 Å². The van der Waals surface area contributed by atoms with Crippen LogP contribution in [0.5, 0.6) is 0 Å². The molecule has 0 amide bonds. The zero-order chi connectivity index (χ0) is 11.8. The molecule has 96 valence electrons. The van der Waals surface area contributed by atoms with E-state index >= 15 is 0 Å². The smallest absolute Gasteiger partial charge is 0.0900 e. The van der Waals surface area contributed by atoms with Gasteiger partial charge >= 0.3 is 0 Å². The zero-order valence-corrected chi connectivity index (χ0v) is 10.3. The molecule has 0 saturated heterocycles. The predicted octanol–water partition coefficient (Wildman–Crippen LogP) is 0.621. The lowest BCUT2D eigenvalue weighted by molar-refractivity contribution is 0.00904. The maximum absolute atomic E-state index is 9.79. The van der Waals surface area contributed by atoms with E-state index in [1.165, 1.54) is 25.7 Å². The number of aliphatic hydroxyl groups is 2. The Labute approximate surface area is 98.2 Å². The Kier molecular flexibility index (Phi) is 6.96. The van der Waals surface area contributed by atoms with Crippen molar-refractivity contribution >= 4 is 0 Å². The maximum Gasteiger partial charge on any atom is 0.0900 e. The molecule has 1 atom stereocenters. The van der Waals surface area contributed by atoms with Gasteiger partial charge in [0, 0.05) is 25.7 Å². The minimum absolute atomic E-state index is 0.165. The van der Waals surface area contributed by atoms with Gasteiger partial charge in [-0.05, 0) is 19.8 Å². The van der Waals surface area contributed by atoms with Gasteiger partial charge in [0.2, 0.25) is 0 Å². The average Bonchev–Trinajstić information content (AvgIpc) is 2.79. The summed E-state index contributed by atoms with van der Waals surface area (Å²) in [5.41, 5.74) is 0. The second kappa shape index (κ2) is 8.01. The quantitative estimate of drug-likeness (QED) is 0.643. The van der Waals surface area contributed by atoms with E-state index < -0.39 is 6.10 Å². The number of aliphatic hydroxyl groups excluding tert-OH is 2. The van der Waals surface area contributed by atoms with Gasteiger partial charge in [0.05, 0.1) is 19.3 Å². The molecule has 0 spiro atoms. The zero-order valence-electron chi connectivity index (χ0n) is 10.3. The van der Waals surface area contributed by atoms with E-state index in [1.54, 1.807) is 0 Å². The van der Waals surface area contributed by atoms with Crippen LogP contribution in [0, 0.1) is 0 Å². The summed E-state index contributed by atoms with van der Waals surface area (Å²) in [5, 5.41) is 18.8. The molecule has 1 aliphatic carbocycles. The first kappa shape index (κ1) is 13.9. The van der Waals surface area contributed by atoms with Crippen LogP contribution in [0.2, 0.25) is 0 Å². The van der Waals surface area contributed by atoms with Crippen LogP contribution in [0.1, 0.15) is 32.6 Å². The molecule has 0 radical (unpaired) electrons. The van der Waals surface area contributed by atoms with Gasteiger partial charge in [-0.1, -0.05) is 12.8 Å². The summed E-state index contributed by atoms with van der Waals surface area (Å²) in [4.78, 5) is 2.21. The monoisotopic (exact) mass is 231 g/mol. The van der Waals surface area contributed by atoms with Gasteiger partial charge in [0.15, 0.2) is 0 Å². The van der Waals surface area contributed by atoms with Gasteiger partial charge in [0.1, 0.15) is 0 Å². The fourth-order valence-electron chi connectivity index (χ4n) is 2.40. The SMILES string of the molecule is CCOCC(O)CN(CCO)C1CCCC1. The van der Waals surface area contributed by atoms with Crippen LogP contribution in [-0.4, -0.2) is 60.2 Å². The molecule has 1 fully saturated rings. The van der Waals surface area contributed by atoms with Gasteiger partial charge in [-0.3, -0.25) is 4.90 Å². The molecule has 1 aliphatic rings. The molecular formula is C12H25NO3. The molecule has 0 aliphatic heterocycles. The molecule has 4 heteroatoms. The summed E-state index contributed by atoms with van der Waals surface area (Å²) >= 11 is 0. The second-order valence-corrected chi connectivity index (χ2v) is 4.47. The number of hydrogen-bond donors (Lipinski definition) is 2. The van der Waals surface area contributed by atoms with Crippen LogP contribution in [0.25, 0.3) is 0 Å². The molecule has 0 heterocycles. The van der Waals surface area contributed by atoms with Crippen LogP contribution >= 0.6 is 0 Å². The Morgan fingerprint density at radius 1 is 1.38 bits per heavy atom. The average molecular weight is 231 g/mol. The minimum Gasteiger partial charge on any atom is -0.395 e. The second-order valence-electron chi connectivity index (χ2n) is 4.47. The van der Waals surface area contributed by atoms with Gasteiger partial charge < -0.3 is 14.9 Å². The van der Waals surface area contributed by atoms with Crippen LogP contribution in [0.3, 0.4) is 0 Å². The molecule has 4 nitrogen and oxygen atoms in total. The van der Waals surface area contributed by atoms with Crippen LogP contribution < -0.4 is 0 Å². The fraction of sp³-hybridized carbons (Fsp3) is 1.00. The van der Waals surface area contributed by atoms with Gasteiger partial charge in [-0.25, -0.2) is 0 Å². The topological polar surface area (TPSA) is 52.9 Å². The van der Waals surface area contributed by atoms with Gasteiger partial charge in [0.25, 0.3) is 0 Å². The molecule has 1 rings (SSSR count). The van der Waals surface area contributed by atoms with E-state index in [0.717, 1.165) is 0 Å². The number of hydrogen-bond acceptors (Lipinski definition) is 4. The van der Waals surface area contributed by atoms with Crippen molar-refractivity contribution < 1.29 is 14.9 Å². The first-order chi connectivity index (χ1) is 7.77. The Morgan fingerprint density at radius 2 is 2.06 bits per heavy atom. The molecule has 16 heavy (non-hydrogen) atoms. The normalized spacial score (nSPS) is 19.5. The minimum atomic E-state index is -0.438.